The van der Waals surface area contributed by atoms with Gasteiger partial charge in [0, 0.05) is 24.7 Å². The summed E-state index contributed by atoms with van der Waals surface area (Å²) < 4.78 is 0. The SMILES string of the molecule is CN(CCNCC(=O)NC(C)(C)C)C1CC1. The highest BCUT2D eigenvalue weighted by atomic mass is 16.2. The number of nitrogens with zero attached hydrogens (tertiary/aromatic N) is 1. The van der Waals surface area contributed by atoms with Crippen LogP contribution >= 0.6 is 0 Å². The van der Waals surface area contributed by atoms with Crippen molar-refractivity contribution < 1.29 is 4.79 Å². The molecular formula is C12H25N3O. The standard InChI is InChI=1S/C12H25N3O/c1-12(2,3)14-11(16)9-13-7-8-15(4)10-5-6-10/h10,13H,5-9H2,1-4H3,(H,14,16). The van der Waals surface area contributed by atoms with Crippen molar-refractivity contribution >= 4 is 5.91 Å². The average Bonchev–Trinajstić information content (AvgIpc) is 2.91. The highest BCUT2D eigenvalue weighted by Crippen LogP contribution is 2.24. The molecule has 1 amide bonds. The lowest BCUT2D eigenvalue weighted by atomic mass is 10.1. The van der Waals surface area contributed by atoms with E-state index in [2.05, 4.69) is 22.6 Å². The van der Waals surface area contributed by atoms with Crippen LogP contribution < -0.4 is 10.6 Å². The average molecular weight is 227 g/mol. The molecular weight excluding hydrogens is 202 g/mol. The third-order valence-electron chi connectivity index (χ3n) is 2.61. The Hall–Kier alpha value is -0.610. The van der Waals surface area contributed by atoms with Crippen LogP contribution in [0.3, 0.4) is 0 Å². The van der Waals surface area contributed by atoms with E-state index in [1.807, 2.05) is 20.8 Å². The predicted molar refractivity (Wildman–Crippen MR) is 66.4 cm³/mol. The van der Waals surface area contributed by atoms with Gasteiger partial charge in [-0.2, -0.15) is 0 Å². The molecule has 1 rings (SSSR count). The number of likely N-dealkylation sites (N-methyl/N-ethyl adjacent to an activating group) is 1. The molecule has 0 atom stereocenters. The van der Waals surface area contributed by atoms with Crippen LogP contribution in [0.4, 0.5) is 0 Å². The number of carbonyl (C=O) groups excluding carboxylic acids is 1. The summed E-state index contributed by atoms with van der Waals surface area (Å²) in [5, 5.41) is 6.09. The minimum absolute atomic E-state index is 0.0709. The van der Waals surface area contributed by atoms with Crippen LogP contribution in [0.15, 0.2) is 0 Å². The number of hydrogen-bond donors (Lipinski definition) is 2. The molecule has 1 saturated carbocycles. The summed E-state index contributed by atoms with van der Waals surface area (Å²) >= 11 is 0. The van der Waals surface area contributed by atoms with Gasteiger partial charge in [-0.15, -0.1) is 0 Å². The second-order valence-electron chi connectivity index (χ2n) is 5.69. The molecule has 94 valence electrons. The van der Waals surface area contributed by atoms with E-state index in [4.69, 9.17) is 0 Å². The van der Waals surface area contributed by atoms with Crippen molar-refractivity contribution in [3.8, 4) is 0 Å². The lowest BCUT2D eigenvalue weighted by Gasteiger charge is -2.21. The topological polar surface area (TPSA) is 44.4 Å². The molecule has 0 saturated heterocycles. The Balaban J connectivity index is 1.99. The zero-order valence-electron chi connectivity index (χ0n) is 11.0. The molecule has 0 aromatic carbocycles. The van der Waals surface area contributed by atoms with E-state index in [9.17, 15) is 4.79 Å². The van der Waals surface area contributed by atoms with Gasteiger partial charge >= 0.3 is 0 Å². The Labute approximate surface area is 98.8 Å². The molecule has 0 spiro atoms. The highest BCUT2D eigenvalue weighted by Gasteiger charge is 2.25. The van der Waals surface area contributed by atoms with Gasteiger partial charge in [0.05, 0.1) is 6.54 Å². The van der Waals surface area contributed by atoms with Gasteiger partial charge in [-0.25, -0.2) is 0 Å². The molecule has 0 heterocycles. The van der Waals surface area contributed by atoms with E-state index < -0.39 is 0 Å². The maximum atomic E-state index is 11.5. The molecule has 16 heavy (non-hydrogen) atoms. The molecule has 0 aliphatic heterocycles. The first-order chi connectivity index (χ1) is 7.38. The molecule has 0 bridgehead atoms. The van der Waals surface area contributed by atoms with E-state index in [0.29, 0.717) is 6.54 Å². The summed E-state index contributed by atoms with van der Waals surface area (Å²) in [6.45, 7) is 8.29. The Bertz CT molecular complexity index is 231. The van der Waals surface area contributed by atoms with Crippen LogP contribution in [0.5, 0.6) is 0 Å². The van der Waals surface area contributed by atoms with E-state index in [0.717, 1.165) is 19.1 Å². The Morgan fingerprint density at radius 1 is 1.38 bits per heavy atom. The predicted octanol–water partition coefficient (Wildman–Crippen LogP) is 0.585. The van der Waals surface area contributed by atoms with Gasteiger partial charge in [0.15, 0.2) is 0 Å². The minimum atomic E-state index is -0.135. The quantitative estimate of drug-likeness (QED) is 0.653. The number of amides is 1. The van der Waals surface area contributed by atoms with Gasteiger partial charge in [0.25, 0.3) is 0 Å². The molecule has 4 nitrogen and oxygen atoms in total. The van der Waals surface area contributed by atoms with Crippen molar-refractivity contribution in [2.75, 3.05) is 26.7 Å². The number of carbonyl (C=O) groups is 1. The number of rotatable bonds is 6. The first kappa shape index (κ1) is 13.5. The Kier molecular flexibility index (Phi) is 4.74. The van der Waals surface area contributed by atoms with Gasteiger partial charge in [-0.1, -0.05) is 0 Å². The highest BCUT2D eigenvalue weighted by molar-refractivity contribution is 5.78. The molecule has 1 fully saturated rings. The summed E-state index contributed by atoms with van der Waals surface area (Å²) in [5.74, 6) is 0.0709. The van der Waals surface area contributed by atoms with Gasteiger partial charge < -0.3 is 15.5 Å². The second-order valence-corrected chi connectivity index (χ2v) is 5.69. The lowest BCUT2D eigenvalue weighted by molar-refractivity contribution is -0.121. The molecule has 1 aliphatic carbocycles. The Morgan fingerprint density at radius 3 is 2.50 bits per heavy atom. The third kappa shape index (κ3) is 6.08. The minimum Gasteiger partial charge on any atom is -0.350 e. The smallest absolute Gasteiger partial charge is 0.234 e. The molecule has 1 aliphatic rings. The molecule has 0 unspecified atom stereocenters. The van der Waals surface area contributed by atoms with Crippen molar-refractivity contribution in [3.05, 3.63) is 0 Å². The fraction of sp³-hybridized carbons (Fsp3) is 0.917. The summed E-state index contributed by atoms with van der Waals surface area (Å²) in [7, 11) is 2.15. The normalized spacial score (nSPS) is 16.6. The zero-order valence-corrected chi connectivity index (χ0v) is 11.0. The maximum absolute atomic E-state index is 11.5. The van der Waals surface area contributed by atoms with Crippen molar-refractivity contribution in [1.82, 2.24) is 15.5 Å². The molecule has 2 N–H and O–H groups in total. The monoisotopic (exact) mass is 227 g/mol. The van der Waals surface area contributed by atoms with E-state index >= 15 is 0 Å². The summed E-state index contributed by atoms with van der Waals surface area (Å²) in [6.07, 6.45) is 2.67. The summed E-state index contributed by atoms with van der Waals surface area (Å²) in [5.41, 5.74) is -0.135. The van der Waals surface area contributed by atoms with Crippen molar-refractivity contribution in [3.63, 3.8) is 0 Å². The van der Waals surface area contributed by atoms with E-state index in [1.165, 1.54) is 12.8 Å². The zero-order chi connectivity index (χ0) is 12.2. The van der Waals surface area contributed by atoms with Crippen LogP contribution in [0, 0.1) is 0 Å². The lowest BCUT2D eigenvalue weighted by Crippen LogP contribution is -2.45. The molecule has 0 radical (unpaired) electrons. The van der Waals surface area contributed by atoms with E-state index in [1.54, 1.807) is 0 Å². The maximum Gasteiger partial charge on any atom is 0.234 e. The van der Waals surface area contributed by atoms with Crippen LogP contribution in [0.1, 0.15) is 33.6 Å². The summed E-state index contributed by atoms with van der Waals surface area (Å²) in [6, 6.07) is 0.796. The first-order valence-corrected chi connectivity index (χ1v) is 6.10. The number of nitrogens with one attached hydrogen (secondary N) is 2. The number of hydrogen-bond acceptors (Lipinski definition) is 3. The fourth-order valence-corrected chi connectivity index (χ4v) is 1.62. The van der Waals surface area contributed by atoms with Gasteiger partial charge in [0.1, 0.15) is 0 Å². The second kappa shape index (κ2) is 5.64. The largest absolute Gasteiger partial charge is 0.350 e. The van der Waals surface area contributed by atoms with Crippen LogP contribution in [-0.4, -0.2) is 49.1 Å². The van der Waals surface area contributed by atoms with Gasteiger partial charge in [0.2, 0.25) is 5.91 Å². The van der Waals surface area contributed by atoms with Gasteiger partial charge in [-0.05, 0) is 40.7 Å². The van der Waals surface area contributed by atoms with Gasteiger partial charge in [-0.3, -0.25) is 4.79 Å². The van der Waals surface area contributed by atoms with Crippen LogP contribution in [0.2, 0.25) is 0 Å². The third-order valence-corrected chi connectivity index (χ3v) is 2.61. The first-order valence-electron chi connectivity index (χ1n) is 6.10. The van der Waals surface area contributed by atoms with Crippen LogP contribution in [0.25, 0.3) is 0 Å². The molecule has 0 aromatic rings. The van der Waals surface area contributed by atoms with Crippen molar-refractivity contribution in [2.45, 2.75) is 45.2 Å². The van der Waals surface area contributed by atoms with Crippen molar-refractivity contribution in [1.29, 1.82) is 0 Å². The van der Waals surface area contributed by atoms with E-state index in [-0.39, 0.29) is 11.4 Å². The summed E-state index contributed by atoms with van der Waals surface area (Å²) in [4.78, 5) is 13.8. The fourth-order valence-electron chi connectivity index (χ4n) is 1.62. The van der Waals surface area contributed by atoms with Crippen LogP contribution in [-0.2, 0) is 4.79 Å². The molecule has 4 heteroatoms. The Morgan fingerprint density at radius 2 is 2.00 bits per heavy atom. The van der Waals surface area contributed by atoms with Crippen molar-refractivity contribution in [2.24, 2.45) is 0 Å². The molecule has 0 aromatic heterocycles.